The third-order valence-corrected chi connectivity index (χ3v) is 4.84. The van der Waals surface area contributed by atoms with Crippen LogP contribution in [-0.4, -0.2) is 5.91 Å². The first-order chi connectivity index (χ1) is 12.2. The Morgan fingerprint density at radius 1 is 0.960 bits per heavy atom. The molecule has 1 amide bonds. The molecule has 1 N–H and O–H groups in total. The second-order valence-corrected chi connectivity index (χ2v) is 6.98. The van der Waals surface area contributed by atoms with Crippen LogP contribution in [0.5, 0.6) is 0 Å². The molecular weight excluding hydrogens is 354 g/mol. The second-order valence-electron chi connectivity index (χ2n) is 5.56. The van der Waals surface area contributed by atoms with Crippen molar-refractivity contribution >= 4 is 29.3 Å². The van der Waals surface area contributed by atoms with Crippen molar-refractivity contribution in [2.45, 2.75) is 18.1 Å². The maximum atomic E-state index is 12.1. The third-order valence-electron chi connectivity index (χ3n) is 3.58. The Hall–Kier alpha value is -2.17. The molecule has 128 valence electrons. The lowest BCUT2D eigenvalue weighted by Gasteiger charge is -2.03. The van der Waals surface area contributed by atoms with Gasteiger partial charge in [-0.25, -0.2) is 0 Å². The van der Waals surface area contributed by atoms with Crippen LogP contribution in [-0.2, 0) is 18.1 Å². The summed E-state index contributed by atoms with van der Waals surface area (Å²) in [4.78, 5) is 12.1. The highest BCUT2D eigenvalue weighted by atomic mass is 35.5. The molecule has 0 aliphatic heterocycles. The number of amides is 1. The maximum absolute atomic E-state index is 12.1. The van der Waals surface area contributed by atoms with Crippen molar-refractivity contribution in [3.05, 3.63) is 94.4 Å². The lowest BCUT2D eigenvalue weighted by molar-refractivity contribution is 0.0922. The summed E-state index contributed by atoms with van der Waals surface area (Å²) in [5, 5.41) is 3.61. The van der Waals surface area contributed by atoms with E-state index in [1.165, 1.54) is 5.56 Å². The molecule has 25 heavy (non-hydrogen) atoms. The van der Waals surface area contributed by atoms with Crippen LogP contribution in [0, 0.1) is 0 Å². The summed E-state index contributed by atoms with van der Waals surface area (Å²) in [7, 11) is 0. The molecule has 0 fully saturated rings. The quantitative estimate of drug-likeness (QED) is 0.613. The minimum absolute atomic E-state index is 0.199. The molecule has 2 aromatic carbocycles. The second kappa shape index (κ2) is 8.79. The van der Waals surface area contributed by atoms with Crippen LogP contribution in [0.15, 0.2) is 71.1 Å². The van der Waals surface area contributed by atoms with Crippen LogP contribution in [0.3, 0.4) is 0 Å². The molecule has 0 atom stereocenters. The summed E-state index contributed by atoms with van der Waals surface area (Å²) in [6.45, 7) is 0.485. The van der Waals surface area contributed by atoms with E-state index in [-0.39, 0.29) is 5.91 Å². The van der Waals surface area contributed by atoms with Gasteiger partial charge in [0.2, 0.25) is 0 Å². The predicted octanol–water partition coefficient (Wildman–Crippen LogP) is 5.30. The zero-order valence-electron chi connectivity index (χ0n) is 13.6. The number of halogens is 1. The highest BCUT2D eigenvalue weighted by Gasteiger charge is 2.11. The number of carbonyl (C=O) groups excluding carboxylic acids is 1. The fourth-order valence-electron chi connectivity index (χ4n) is 2.34. The highest BCUT2D eigenvalue weighted by Crippen LogP contribution is 2.21. The zero-order valence-corrected chi connectivity index (χ0v) is 15.1. The van der Waals surface area contributed by atoms with Gasteiger partial charge in [-0.1, -0.05) is 54.1 Å². The maximum Gasteiger partial charge on any atom is 0.287 e. The first-order valence-corrected chi connectivity index (χ1v) is 9.47. The number of carbonyl (C=O) groups is 1. The predicted molar refractivity (Wildman–Crippen MR) is 103 cm³/mol. The van der Waals surface area contributed by atoms with E-state index in [1.54, 1.807) is 17.8 Å². The van der Waals surface area contributed by atoms with Gasteiger partial charge in [-0.3, -0.25) is 4.79 Å². The molecule has 3 rings (SSSR count). The van der Waals surface area contributed by atoms with E-state index in [1.807, 2.05) is 60.7 Å². The first kappa shape index (κ1) is 17.6. The van der Waals surface area contributed by atoms with E-state index < -0.39 is 0 Å². The highest BCUT2D eigenvalue weighted by molar-refractivity contribution is 7.97. The summed E-state index contributed by atoms with van der Waals surface area (Å²) in [5.74, 6) is 2.48. The summed E-state index contributed by atoms with van der Waals surface area (Å²) in [5.41, 5.74) is 2.23. The molecular formula is C20H18ClNO2S. The average Bonchev–Trinajstić information content (AvgIpc) is 3.10. The number of nitrogens with one attached hydrogen (secondary N) is 1. The smallest absolute Gasteiger partial charge is 0.287 e. The van der Waals surface area contributed by atoms with E-state index in [0.717, 1.165) is 22.1 Å². The van der Waals surface area contributed by atoms with Gasteiger partial charge in [-0.05, 0) is 35.4 Å². The van der Waals surface area contributed by atoms with Crippen molar-refractivity contribution in [2.75, 3.05) is 0 Å². The largest absolute Gasteiger partial charge is 0.455 e. The molecule has 0 saturated carbocycles. The van der Waals surface area contributed by atoms with Crippen LogP contribution in [0.4, 0.5) is 0 Å². The van der Waals surface area contributed by atoms with Gasteiger partial charge in [0.15, 0.2) is 5.76 Å². The molecule has 5 heteroatoms. The Morgan fingerprint density at radius 3 is 2.56 bits per heavy atom. The fourth-order valence-corrected chi connectivity index (χ4v) is 3.43. The number of thioether (sulfide) groups is 1. The number of benzene rings is 2. The van der Waals surface area contributed by atoms with Crippen molar-refractivity contribution in [3.8, 4) is 0 Å². The minimum Gasteiger partial charge on any atom is -0.455 e. The molecule has 0 bridgehead atoms. The van der Waals surface area contributed by atoms with Crippen molar-refractivity contribution in [1.29, 1.82) is 0 Å². The molecule has 3 aromatic rings. The SMILES string of the molecule is O=C(NCc1ccccc1)c1ccc(CSCc2cccc(Cl)c2)o1. The van der Waals surface area contributed by atoms with Crippen LogP contribution in [0.25, 0.3) is 0 Å². The van der Waals surface area contributed by atoms with E-state index in [2.05, 4.69) is 5.32 Å². The van der Waals surface area contributed by atoms with Crippen molar-refractivity contribution in [3.63, 3.8) is 0 Å². The number of hydrogen-bond donors (Lipinski definition) is 1. The summed E-state index contributed by atoms with van der Waals surface area (Å²) in [6, 6.07) is 21.2. The Labute approximate surface area is 156 Å². The average molecular weight is 372 g/mol. The van der Waals surface area contributed by atoms with Gasteiger partial charge in [0.25, 0.3) is 5.91 Å². The first-order valence-electron chi connectivity index (χ1n) is 7.94. The Bertz CT molecular complexity index is 832. The fraction of sp³-hybridized carbons (Fsp3) is 0.150. The van der Waals surface area contributed by atoms with E-state index in [9.17, 15) is 4.79 Å². The summed E-state index contributed by atoms with van der Waals surface area (Å²) in [6.07, 6.45) is 0. The molecule has 0 radical (unpaired) electrons. The van der Waals surface area contributed by atoms with Gasteiger partial charge in [0.1, 0.15) is 5.76 Å². The lowest BCUT2D eigenvalue weighted by atomic mass is 10.2. The van der Waals surface area contributed by atoms with Crippen LogP contribution in [0.1, 0.15) is 27.4 Å². The molecule has 0 saturated heterocycles. The van der Waals surface area contributed by atoms with Crippen LogP contribution in [0.2, 0.25) is 5.02 Å². The molecule has 0 aliphatic rings. The van der Waals surface area contributed by atoms with Gasteiger partial charge >= 0.3 is 0 Å². The van der Waals surface area contributed by atoms with E-state index in [4.69, 9.17) is 16.0 Å². The monoisotopic (exact) mass is 371 g/mol. The van der Waals surface area contributed by atoms with E-state index in [0.29, 0.717) is 18.1 Å². The molecule has 0 unspecified atom stereocenters. The van der Waals surface area contributed by atoms with Gasteiger partial charge in [-0.15, -0.1) is 11.8 Å². The van der Waals surface area contributed by atoms with Crippen molar-refractivity contribution < 1.29 is 9.21 Å². The number of furan rings is 1. The summed E-state index contributed by atoms with van der Waals surface area (Å²) >= 11 is 7.70. The normalized spacial score (nSPS) is 10.6. The lowest BCUT2D eigenvalue weighted by Crippen LogP contribution is -2.22. The Morgan fingerprint density at radius 2 is 1.76 bits per heavy atom. The standard InChI is InChI=1S/C20H18ClNO2S/c21-17-8-4-7-16(11-17)13-25-14-18-9-10-19(24-18)20(23)22-12-15-5-2-1-3-6-15/h1-11H,12-14H2,(H,22,23). The molecule has 0 aliphatic carbocycles. The number of rotatable bonds is 7. The van der Waals surface area contributed by atoms with Crippen molar-refractivity contribution in [2.24, 2.45) is 0 Å². The van der Waals surface area contributed by atoms with Gasteiger partial charge in [0, 0.05) is 17.3 Å². The molecule has 1 heterocycles. The van der Waals surface area contributed by atoms with Gasteiger partial charge in [0.05, 0.1) is 5.75 Å². The third kappa shape index (κ3) is 5.41. The molecule has 0 spiro atoms. The topological polar surface area (TPSA) is 42.2 Å². The number of hydrogen-bond acceptors (Lipinski definition) is 3. The van der Waals surface area contributed by atoms with Gasteiger partial charge in [-0.2, -0.15) is 0 Å². The minimum atomic E-state index is -0.199. The molecule has 1 aromatic heterocycles. The Balaban J connectivity index is 1.47. The van der Waals surface area contributed by atoms with Crippen LogP contribution >= 0.6 is 23.4 Å². The van der Waals surface area contributed by atoms with Gasteiger partial charge < -0.3 is 9.73 Å². The van der Waals surface area contributed by atoms with Crippen molar-refractivity contribution in [1.82, 2.24) is 5.32 Å². The Kier molecular flexibility index (Phi) is 6.20. The molecule has 3 nitrogen and oxygen atoms in total. The van der Waals surface area contributed by atoms with E-state index >= 15 is 0 Å². The summed E-state index contributed by atoms with van der Waals surface area (Å²) < 4.78 is 5.64. The zero-order chi connectivity index (χ0) is 17.5. The van der Waals surface area contributed by atoms with Crippen LogP contribution < -0.4 is 5.32 Å².